The van der Waals surface area contributed by atoms with Gasteiger partial charge in [-0.15, -0.1) is 10.2 Å². The van der Waals surface area contributed by atoms with E-state index in [1.807, 2.05) is 12.1 Å². The van der Waals surface area contributed by atoms with Gasteiger partial charge in [-0.1, -0.05) is 0 Å². The van der Waals surface area contributed by atoms with Gasteiger partial charge in [-0.25, -0.2) is 9.97 Å². The van der Waals surface area contributed by atoms with Crippen LogP contribution >= 0.6 is 0 Å². The zero-order valence-corrected chi connectivity index (χ0v) is 16.5. The van der Waals surface area contributed by atoms with Gasteiger partial charge in [0.2, 0.25) is 5.88 Å². The summed E-state index contributed by atoms with van der Waals surface area (Å²) in [6.07, 6.45) is 10.0. The lowest BCUT2D eigenvalue weighted by Crippen LogP contribution is -2.47. The number of anilines is 1. The maximum absolute atomic E-state index is 5.42. The number of aromatic amines is 1. The summed E-state index contributed by atoms with van der Waals surface area (Å²) in [4.78, 5) is 11.3. The predicted molar refractivity (Wildman–Crippen MR) is 109 cm³/mol. The normalized spacial score (nSPS) is 23.2. The van der Waals surface area contributed by atoms with Crippen molar-refractivity contribution in [3.05, 3.63) is 30.7 Å². The smallest absolute Gasteiger partial charge is 0.241 e. The first-order valence-corrected chi connectivity index (χ1v) is 9.94. The molecular formula is C20H24N8O. The number of methoxy groups -OCH3 is 1. The van der Waals surface area contributed by atoms with E-state index < -0.39 is 0 Å². The van der Waals surface area contributed by atoms with Gasteiger partial charge in [0.15, 0.2) is 5.82 Å². The number of fused-ring (bicyclic) bond motifs is 2. The van der Waals surface area contributed by atoms with Gasteiger partial charge in [0.05, 0.1) is 19.5 Å². The molecule has 0 amide bonds. The molecule has 0 radical (unpaired) electrons. The Morgan fingerprint density at radius 1 is 1.07 bits per heavy atom. The molecule has 9 nitrogen and oxygen atoms in total. The Balaban J connectivity index is 1.36. The van der Waals surface area contributed by atoms with E-state index in [2.05, 4.69) is 47.6 Å². The number of nitrogens with zero attached hydrogens (tertiary/aromatic N) is 6. The molecule has 29 heavy (non-hydrogen) atoms. The van der Waals surface area contributed by atoms with Gasteiger partial charge in [0, 0.05) is 36.9 Å². The molecule has 2 N–H and O–H groups in total. The molecule has 2 fully saturated rings. The van der Waals surface area contributed by atoms with Crippen molar-refractivity contribution in [1.29, 1.82) is 0 Å². The molecule has 0 aliphatic carbocycles. The SMILES string of the molecule is COc1nc(-c2ccc(N(C)[C@@H]3C[C@H]4CC[C@@H](C3)N4)nn2)cnc1-c1cn[nH]c1. The first-order valence-electron chi connectivity index (χ1n) is 9.94. The molecule has 0 aromatic carbocycles. The maximum atomic E-state index is 5.42. The van der Waals surface area contributed by atoms with E-state index in [-0.39, 0.29) is 0 Å². The lowest BCUT2D eigenvalue weighted by atomic mass is 9.98. The van der Waals surface area contributed by atoms with Crippen molar-refractivity contribution in [3.8, 4) is 28.5 Å². The minimum absolute atomic E-state index is 0.428. The van der Waals surface area contributed by atoms with Crippen LogP contribution in [0.3, 0.4) is 0 Å². The van der Waals surface area contributed by atoms with E-state index in [0.717, 1.165) is 24.2 Å². The molecular weight excluding hydrogens is 368 g/mol. The summed E-state index contributed by atoms with van der Waals surface area (Å²) in [6.45, 7) is 0. The Kier molecular flexibility index (Phi) is 4.59. The Labute approximate surface area is 168 Å². The van der Waals surface area contributed by atoms with Crippen molar-refractivity contribution < 1.29 is 4.74 Å². The summed E-state index contributed by atoms with van der Waals surface area (Å²) in [5.41, 5.74) is 2.74. The van der Waals surface area contributed by atoms with Crippen LogP contribution in [0.1, 0.15) is 25.7 Å². The van der Waals surface area contributed by atoms with Crippen molar-refractivity contribution in [1.82, 2.24) is 35.7 Å². The summed E-state index contributed by atoms with van der Waals surface area (Å²) in [6, 6.07) is 5.73. The van der Waals surface area contributed by atoms with Gasteiger partial charge >= 0.3 is 0 Å². The molecule has 3 aromatic rings. The van der Waals surface area contributed by atoms with E-state index in [1.165, 1.54) is 12.8 Å². The van der Waals surface area contributed by atoms with Crippen LogP contribution in [-0.4, -0.2) is 62.6 Å². The van der Waals surface area contributed by atoms with Crippen molar-refractivity contribution in [2.75, 3.05) is 19.1 Å². The van der Waals surface area contributed by atoms with Crippen LogP contribution in [0.2, 0.25) is 0 Å². The second kappa shape index (κ2) is 7.40. The molecule has 0 saturated carbocycles. The van der Waals surface area contributed by atoms with Crippen LogP contribution < -0.4 is 15.0 Å². The summed E-state index contributed by atoms with van der Waals surface area (Å²) in [7, 11) is 3.69. The van der Waals surface area contributed by atoms with Crippen molar-refractivity contribution in [3.63, 3.8) is 0 Å². The predicted octanol–water partition coefficient (Wildman–Crippen LogP) is 2.05. The average Bonchev–Trinajstić information content (AvgIpc) is 3.42. The lowest BCUT2D eigenvalue weighted by molar-refractivity contribution is 0.353. The molecule has 0 unspecified atom stereocenters. The summed E-state index contributed by atoms with van der Waals surface area (Å²) in [5, 5.41) is 19.3. The van der Waals surface area contributed by atoms with Crippen LogP contribution in [0.25, 0.3) is 22.6 Å². The van der Waals surface area contributed by atoms with Gasteiger partial charge in [0.1, 0.15) is 17.1 Å². The maximum Gasteiger partial charge on any atom is 0.241 e. The van der Waals surface area contributed by atoms with E-state index in [9.17, 15) is 0 Å². The minimum atomic E-state index is 0.428. The van der Waals surface area contributed by atoms with Crippen molar-refractivity contribution >= 4 is 5.82 Å². The number of piperidine rings is 1. The topological polar surface area (TPSA) is 105 Å². The van der Waals surface area contributed by atoms with Crippen molar-refractivity contribution in [2.45, 2.75) is 43.8 Å². The molecule has 5 rings (SSSR count). The molecule has 150 valence electrons. The zero-order valence-electron chi connectivity index (χ0n) is 16.5. The molecule has 2 aliphatic rings. The Morgan fingerprint density at radius 2 is 1.90 bits per heavy atom. The van der Waals surface area contributed by atoms with Crippen LogP contribution in [-0.2, 0) is 0 Å². The number of hydrogen-bond donors (Lipinski definition) is 2. The highest BCUT2D eigenvalue weighted by Gasteiger charge is 2.35. The summed E-state index contributed by atoms with van der Waals surface area (Å²) in [5.74, 6) is 1.31. The highest BCUT2D eigenvalue weighted by Crippen LogP contribution is 2.31. The molecule has 3 aromatic heterocycles. The monoisotopic (exact) mass is 392 g/mol. The van der Waals surface area contributed by atoms with E-state index in [4.69, 9.17) is 4.74 Å². The number of nitrogens with one attached hydrogen (secondary N) is 2. The number of rotatable bonds is 5. The van der Waals surface area contributed by atoms with Crippen LogP contribution in [0.15, 0.2) is 30.7 Å². The first-order chi connectivity index (χ1) is 14.2. The third kappa shape index (κ3) is 3.42. The fourth-order valence-corrected chi connectivity index (χ4v) is 4.40. The highest BCUT2D eigenvalue weighted by molar-refractivity contribution is 5.65. The van der Waals surface area contributed by atoms with Crippen molar-refractivity contribution in [2.24, 2.45) is 0 Å². The van der Waals surface area contributed by atoms with Crippen LogP contribution in [0.4, 0.5) is 5.82 Å². The van der Waals surface area contributed by atoms with E-state index >= 15 is 0 Å². The number of ether oxygens (including phenoxy) is 1. The molecule has 5 heterocycles. The van der Waals surface area contributed by atoms with Gasteiger partial charge in [-0.3, -0.25) is 5.10 Å². The van der Waals surface area contributed by atoms with Gasteiger partial charge in [-0.2, -0.15) is 5.10 Å². The van der Waals surface area contributed by atoms with E-state index in [0.29, 0.717) is 41.1 Å². The zero-order chi connectivity index (χ0) is 19.8. The fourth-order valence-electron chi connectivity index (χ4n) is 4.40. The Hall–Kier alpha value is -3.07. The standard InChI is InChI=1S/C20H24N8O/c1-28(15-7-13-3-4-14(8-15)24-13)18-6-5-16(26-27-18)17-11-21-19(20(25-17)29-2)12-9-22-23-10-12/h5-6,9-11,13-15,24H,3-4,7-8H2,1-2H3,(H,22,23)/t13-,14+,15-. The van der Waals surface area contributed by atoms with E-state index in [1.54, 1.807) is 25.7 Å². The summed E-state index contributed by atoms with van der Waals surface area (Å²) >= 11 is 0. The quantitative estimate of drug-likeness (QED) is 0.680. The third-order valence-electron chi connectivity index (χ3n) is 5.98. The Bertz CT molecular complexity index is 963. The summed E-state index contributed by atoms with van der Waals surface area (Å²) < 4.78 is 5.42. The third-order valence-corrected chi connectivity index (χ3v) is 5.98. The molecule has 2 aliphatic heterocycles. The molecule has 9 heteroatoms. The average molecular weight is 392 g/mol. The second-order valence-electron chi connectivity index (χ2n) is 7.75. The van der Waals surface area contributed by atoms with Gasteiger partial charge in [-0.05, 0) is 37.8 Å². The molecule has 2 saturated heterocycles. The molecule has 0 spiro atoms. The number of aromatic nitrogens is 6. The van der Waals surface area contributed by atoms with Gasteiger partial charge < -0.3 is 15.0 Å². The first kappa shape index (κ1) is 18.0. The molecule has 3 atom stereocenters. The fraction of sp³-hybridized carbons (Fsp3) is 0.450. The van der Waals surface area contributed by atoms with Crippen LogP contribution in [0, 0.1) is 0 Å². The number of H-pyrrole nitrogens is 1. The Morgan fingerprint density at radius 3 is 2.55 bits per heavy atom. The largest absolute Gasteiger partial charge is 0.479 e. The lowest BCUT2D eigenvalue weighted by Gasteiger charge is -2.36. The molecule has 2 bridgehead atoms. The minimum Gasteiger partial charge on any atom is -0.479 e. The van der Waals surface area contributed by atoms with Crippen LogP contribution in [0.5, 0.6) is 5.88 Å². The highest BCUT2D eigenvalue weighted by atomic mass is 16.5. The van der Waals surface area contributed by atoms with Gasteiger partial charge in [0.25, 0.3) is 0 Å². The second-order valence-corrected chi connectivity index (χ2v) is 7.75. The number of hydrogen-bond acceptors (Lipinski definition) is 8.